The summed E-state index contributed by atoms with van der Waals surface area (Å²) in [5.41, 5.74) is 2.98. The molecule has 3 aromatic carbocycles. The van der Waals surface area contributed by atoms with Crippen LogP contribution >= 0.6 is 23.1 Å². The van der Waals surface area contributed by atoms with Crippen molar-refractivity contribution in [1.82, 2.24) is 10.2 Å². The van der Waals surface area contributed by atoms with Crippen molar-refractivity contribution in [1.29, 1.82) is 0 Å². The van der Waals surface area contributed by atoms with Crippen LogP contribution in [0.15, 0.2) is 87.5 Å². The van der Waals surface area contributed by atoms with Gasteiger partial charge in [0.25, 0.3) is 5.91 Å². The molecule has 4 nitrogen and oxygen atoms in total. The first-order valence-electron chi connectivity index (χ1n) is 9.02. The van der Waals surface area contributed by atoms with Gasteiger partial charge in [0, 0.05) is 16.1 Å². The lowest BCUT2D eigenvalue weighted by atomic mass is 9.98. The highest BCUT2D eigenvalue weighted by molar-refractivity contribution is 8.01. The largest absolute Gasteiger partial charge is 0.416 e. The number of carbonyl (C=O) groups excluding carboxylic acids is 1. The number of halogens is 3. The van der Waals surface area contributed by atoms with Crippen molar-refractivity contribution in [2.24, 2.45) is 0 Å². The van der Waals surface area contributed by atoms with Crippen LogP contribution in [0.2, 0.25) is 0 Å². The van der Waals surface area contributed by atoms with Crippen molar-refractivity contribution in [3.8, 4) is 11.1 Å². The summed E-state index contributed by atoms with van der Waals surface area (Å²) in [6.07, 6.45) is -4.41. The van der Waals surface area contributed by atoms with E-state index in [1.807, 2.05) is 12.1 Å². The quantitative estimate of drug-likeness (QED) is 0.366. The van der Waals surface area contributed by atoms with Gasteiger partial charge >= 0.3 is 6.18 Å². The van der Waals surface area contributed by atoms with E-state index in [0.717, 1.165) is 21.4 Å². The molecule has 0 aliphatic carbocycles. The Kier molecular flexibility index (Phi) is 6.06. The first-order valence-corrected chi connectivity index (χ1v) is 10.7. The fourth-order valence-electron chi connectivity index (χ4n) is 2.88. The van der Waals surface area contributed by atoms with E-state index in [0.29, 0.717) is 22.4 Å². The third-order valence-corrected chi connectivity index (χ3v) is 6.14. The zero-order valence-electron chi connectivity index (χ0n) is 15.8. The van der Waals surface area contributed by atoms with Crippen LogP contribution in [0.3, 0.4) is 0 Å². The molecule has 0 aliphatic rings. The zero-order chi connectivity index (χ0) is 21.8. The van der Waals surface area contributed by atoms with Crippen molar-refractivity contribution < 1.29 is 18.0 Å². The molecule has 0 bridgehead atoms. The summed E-state index contributed by atoms with van der Waals surface area (Å²) in [5.74, 6) is -0.347. The van der Waals surface area contributed by atoms with Gasteiger partial charge in [-0.2, -0.15) is 13.2 Å². The number of alkyl halides is 3. The number of carbonyl (C=O) groups is 1. The normalized spacial score (nSPS) is 11.3. The minimum Gasteiger partial charge on any atom is -0.322 e. The van der Waals surface area contributed by atoms with Gasteiger partial charge in [-0.3, -0.25) is 4.79 Å². The molecule has 0 saturated carbocycles. The van der Waals surface area contributed by atoms with E-state index in [9.17, 15) is 18.0 Å². The molecule has 4 rings (SSSR count). The molecular formula is C22H14F3N3OS2. The summed E-state index contributed by atoms with van der Waals surface area (Å²) < 4.78 is 39.3. The Morgan fingerprint density at radius 3 is 2.29 bits per heavy atom. The predicted octanol–water partition coefficient (Wildman–Crippen LogP) is 6.63. The molecule has 4 aromatic rings. The minimum atomic E-state index is -4.41. The molecule has 0 fully saturated rings. The van der Waals surface area contributed by atoms with Crippen molar-refractivity contribution in [3.05, 3.63) is 89.4 Å². The molecule has 0 spiro atoms. The fourth-order valence-corrected chi connectivity index (χ4v) is 4.34. The number of nitrogens with zero attached hydrogens (tertiary/aromatic N) is 2. The van der Waals surface area contributed by atoms with Gasteiger partial charge in [-0.15, -0.1) is 10.2 Å². The van der Waals surface area contributed by atoms with Crippen molar-refractivity contribution >= 4 is 34.7 Å². The smallest absolute Gasteiger partial charge is 0.322 e. The van der Waals surface area contributed by atoms with E-state index in [-0.39, 0.29) is 5.91 Å². The Balaban J connectivity index is 1.52. The van der Waals surface area contributed by atoms with Crippen molar-refractivity contribution in [2.45, 2.75) is 15.4 Å². The van der Waals surface area contributed by atoms with Gasteiger partial charge in [-0.1, -0.05) is 53.4 Å². The molecule has 9 heteroatoms. The summed E-state index contributed by atoms with van der Waals surface area (Å²) in [7, 11) is 0. The SMILES string of the molecule is O=C(Nc1ccc(Sc2nncs2)cc1)c1ccccc1-c1ccc(C(F)(F)F)cc1. The second kappa shape index (κ2) is 8.91. The van der Waals surface area contributed by atoms with E-state index < -0.39 is 11.7 Å². The molecule has 0 atom stereocenters. The summed E-state index contributed by atoms with van der Waals surface area (Å²) in [6.45, 7) is 0. The Labute approximate surface area is 184 Å². The highest BCUT2D eigenvalue weighted by Gasteiger charge is 2.30. The van der Waals surface area contributed by atoms with Crippen LogP contribution < -0.4 is 5.32 Å². The second-order valence-electron chi connectivity index (χ2n) is 6.41. The van der Waals surface area contributed by atoms with Gasteiger partial charge in [-0.05, 0) is 53.6 Å². The lowest BCUT2D eigenvalue weighted by Crippen LogP contribution is -2.13. The molecule has 0 unspecified atom stereocenters. The topological polar surface area (TPSA) is 54.9 Å². The Hall–Kier alpha value is -3.17. The van der Waals surface area contributed by atoms with Crippen LogP contribution in [0.5, 0.6) is 0 Å². The molecule has 0 aliphatic heterocycles. The zero-order valence-corrected chi connectivity index (χ0v) is 17.4. The Morgan fingerprint density at radius 1 is 0.935 bits per heavy atom. The Bertz CT molecular complexity index is 1180. The van der Waals surface area contributed by atoms with Crippen LogP contribution in [-0.2, 0) is 6.18 Å². The molecule has 1 heterocycles. The maximum atomic E-state index is 12.9. The first-order chi connectivity index (χ1) is 14.9. The van der Waals surface area contributed by atoms with Gasteiger partial charge in [0.05, 0.1) is 5.56 Å². The fraction of sp³-hybridized carbons (Fsp3) is 0.0455. The number of anilines is 1. The lowest BCUT2D eigenvalue weighted by molar-refractivity contribution is -0.137. The number of rotatable bonds is 5. The van der Waals surface area contributed by atoms with Gasteiger partial charge < -0.3 is 5.32 Å². The van der Waals surface area contributed by atoms with Gasteiger partial charge in [-0.25, -0.2) is 0 Å². The second-order valence-corrected chi connectivity index (χ2v) is 8.56. The summed E-state index contributed by atoms with van der Waals surface area (Å²) >= 11 is 2.91. The number of amides is 1. The van der Waals surface area contributed by atoms with Gasteiger partial charge in [0.1, 0.15) is 5.51 Å². The number of hydrogen-bond donors (Lipinski definition) is 1. The maximum absolute atomic E-state index is 12.9. The van der Waals surface area contributed by atoms with Crippen LogP contribution in [0.25, 0.3) is 11.1 Å². The third-order valence-electron chi connectivity index (χ3n) is 4.35. The van der Waals surface area contributed by atoms with Crippen LogP contribution in [-0.4, -0.2) is 16.1 Å². The molecule has 0 radical (unpaired) electrons. The number of benzene rings is 3. The van der Waals surface area contributed by atoms with E-state index in [4.69, 9.17) is 0 Å². The third kappa shape index (κ3) is 5.12. The van der Waals surface area contributed by atoms with E-state index >= 15 is 0 Å². The van der Waals surface area contributed by atoms with Crippen molar-refractivity contribution in [3.63, 3.8) is 0 Å². The molecule has 31 heavy (non-hydrogen) atoms. The van der Waals surface area contributed by atoms with Crippen LogP contribution in [0.4, 0.5) is 18.9 Å². The molecule has 1 aromatic heterocycles. The number of aromatic nitrogens is 2. The first kappa shape index (κ1) is 21.1. The number of nitrogens with one attached hydrogen (secondary N) is 1. The van der Waals surface area contributed by atoms with Crippen LogP contribution in [0.1, 0.15) is 15.9 Å². The van der Waals surface area contributed by atoms with E-state index in [1.165, 1.54) is 35.2 Å². The highest BCUT2D eigenvalue weighted by Crippen LogP contribution is 2.32. The summed E-state index contributed by atoms with van der Waals surface area (Å²) in [4.78, 5) is 13.8. The summed E-state index contributed by atoms with van der Waals surface area (Å²) in [5, 5.41) is 10.6. The minimum absolute atomic E-state index is 0.347. The monoisotopic (exact) mass is 457 g/mol. The van der Waals surface area contributed by atoms with Gasteiger partial charge in [0.15, 0.2) is 4.34 Å². The van der Waals surface area contributed by atoms with E-state index in [2.05, 4.69) is 15.5 Å². The molecule has 1 amide bonds. The van der Waals surface area contributed by atoms with Gasteiger partial charge in [0.2, 0.25) is 0 Å². The predicted molar refractivity (Wildman–Crippen MR) is 115 cm³/mol. The summed E-state index contributed by atoms with van der Waals surface area (Å²) in [6, 6.07) is 18.9. The lowest BCUT2D eigenvalue weighted by Gasteiger charge is -2.12. The maximum Gasteiger partial charge on any atom is 0.416 e. The highest BCUT2D eigenvalue weighted by atomic mass is 32.2. The molecular weight excluding hydrogens is 443 g/mol. The molecule has 0 saturated heterocycles. The average molecular weight is 458 g/mol. The Morgan fingerprint density at radius 2 is 1.65 bits per heavy atom. The van der Waals surface area contributed by atoms with E-state index in [1.54, 1.807) is 41.9 Å². The molecule has 156 valence electrons. The number of hydrogen-bond acceptors (Lipinski definition) is 5. The standard InChI is InChI=1S/C22H14F3N3OS2/c23-22(24,25)15-7-5-14(6-8-15)18-3-1-2-4-19(18)20(29)27-16-9-11-17(12-10-16)31-21-28-26-13-30-21/h1-13H,(H,27,29). The average Bonchev–Trinajstić information content (AvgIpc) is 3.28. The van der Waals surface area contributed by atoms with Crippen molar-refractivity contribution in [2.75, 3.05) is 5.32 Å². The molecule has 1 N–H and O–H groups in total. The van der Waals surface area contributed by atoms with Crippen LogP contribution in [0, 0.1) is 0 Å².